The quantitative estimate of drug-likeness (QED) is 0.604. The summed E-state index contributed by atoms with van der Waals surface area (Å²) in [6.45, 7) is 7.81. The summed E-state index contributed by atoms with van der Waals surface area (Å²) in [6.07, 6.45) is 6.96. The summed E-state index contributed by atoms with van der Waals surface area (Å²) < 4.78 is 7.96. The van der Waals surface area contributed by atoms with E-state index in [2.05, 4.69) is 27.1 Å². The van der Waals surface area contributed by atoms with E-state index in [0.29, 0.717) is 34.7 Å². The molecule has 3 heterocycles. The Morgan fingerprint density at radius 2 is 1.78 bits per heavy atom. The molecular formula is C25H29N5O2. The average Bonchev–Trinajstić information content (AvgIpc) is 3.22. The molecule has 0 bridgehead atoms. The van der Waals surface area contributed by atoms with Gasteiger partial charge in [-0.15, -0.1) is 10.2 Å². The van der Waals surface area contributed by atoms with Gasteiger partial charge in [-0.2, -0.15) is 5.10 Å². The number of hydrogen-bond donors (Lipinski definition) is 0. The van der Waals surface area contributed by atoms with Crippen LogP contribution in [-0.4, -0.2) is 43.9 Å². The number of hydrogen-bond acceptors (Lipinski definition) is 5. The van der Waals surface area contributed by atoms with Gasteiger partial charge in [0, 0.05) is 47.2 Å². The van der Waals surface area contributed by atoms with Crippen molar-refractivity contribution in [2.24, 2.45) is 5.41 Å². The summed E-state index contributed by atoms with van der Waals surface area (Å²) in [7, 11) is 0. The van der Waals surface area contributed by atoms with E-state index in [1.165, 1.54) is 18.5 Å². The summed E-state index contributed by atoms with van der Waals surface area (Å²) in [5.41, 5.74) is 2.90. The van der Waals surface area contributed by atoms with Crippen molar-refractivity contribution < 1.29 is 9.21 Å². The molecule has 1 saturated heterocycles. The highest BCUT2D eigenvalue weighted by Crippen LogP contribution is 2.54. The molecule has 2 saturated carbocycles. The van der Waals surface area contributed by atoms with E-state index < -0.39 is 0 Å². The van der Waals surface area contributed by atoms with Crippen LogP contribution in [0.1, 0.15) is 80.4 Å². The highest BCUT2D eigenvalue weighted by molar-refractivity contribution is 5.95. The lowest BCUT2D eigenvalue weighted by Gasteiger charge is -2.58. The number of amides is 1. The molecule has 1 spiro atoms. The lowest BCUT2D eigenvalue weighted by Crippen LogP contribution is -2.63. The smallest absolute Gasteiger partial charge is 0.253 e. The topological polar surface area (TPSA) is 77.1 Å². The molecule has 2 aliphatic carbocycles. The van der Waals surface area contributed by atoms with Crippen LogP contribution in [0, 0.1) is 5.41 Å². The molecule has 2 aromatic heterocycles. The van der Waals surface area contributed by atoms with Gasteiger partial charge in [0.2, 0.25) is 11.8 Å². The first kappa shape index (κ1) is 19.7. The van der Waals surface area contributed by atoms with Crippen LogP contribution in [0.15, 0.2) is 40.9 Å². The number of rotatable bonds is 4. The Bertz CT molecular complexity index is 1150. The third-order valence-electron chi connectivity index (χ3n) is 7.12. The van der Waals surface area contributed by atoms with Crippen molar-refractivity contribution in [3.8, 4) is 11.5 Å². The fourth-order valence-electron chi connectivity index (χ4n) is 5.03. The molecule has 1 aliphatic heterocycles. The maximum Gasteiger partial charge on any atom is 0.253 e. The van der Waals surface area contributed by atoms with E-state index >= 15 is 0 Å². The number of nitrogens with zero attached hydrogens (tertiary/aromatic N) is 5. The molecular weight excluding hydrogens is 402 g/mol. The van der Waals surface area contributed by atoms with Crippen LogP contribution in [-0.2, 0) is 5.41 Å². The molecule has 0 N–H and O–H groups in total. The van der Waals surface area contributed by atoms with Crippen LogP contribution in [0.25, 0.3) is 11.5 Å². The Kier molecular flexibility index (Phi) is 4.17. The first-order valence-corrected chi connectivity index (χ1v) is 11.6. The molecule has 7 heteroatoms. The summed E-state index contributed by atoms with van der Waals surface area (Å²) in [5, 5.41) is 13.1. The molecule has 1 aromatic carbocycles. The molecule has 1 amide bonds. The van der Waals surface area contributed by atoms with Crippen LogP contribution < -0.4 is 0 Å². The predicted octanol–water partition coefficient (Wildman–Crippen LogP) is 4.59. The lowest BCUT2D eigenvalue weighted by molar-refractivity contribution is -0.0739. The maximum atomic E-state index is 12.9. The van der Waals surface area contributed by atoms with Crippen LogP contribution in [0.2, 0.25) is 0 Å². The van der Waals surface area contributed by atoms with Gasteiger partial charge in [0.25, 0.3) is 5.91 Å². The number of aromatic nitrogens is 4. The van der Waals surface area contributed by atoms with Crippen molar-refractivity contribution in [2.45, 2.75) is 63.8 Å². The zero-order valence-corrected chi connectivity index (χ0v) is 18.9. The number of carbonyl (C=O) groups excluding carboxylic acids is 1. The van der Waals surface area contributed by atoms with Crippen LogP contribution >= 0.6 is 0 Å². The Morgan fingerprint density at radius 3 is 2.41 bits per heavy atom. The van der Waals surface area contributed by atoms with Gasteiger partial charge in [0.15, 0.2) is 0 Å². The van der Waals surface area contributed by atoms with Crippen molar-refractivity contribution in [1.82, 2.24) is 24.9 Å². The minimum Gasteiger partial charge on any atom is -0.420 e. The van der Waals surface area contributed by atoms with Crippen LogP contribution in [0.3, 0.4) is 0 Å². The molecule has 32 heavy (non-hydrogen) atoms. The predicted molar refractivity (Wildman–Crippen MR) is 119 cm³/mol. The summed E-state index contributed by atoms with van der Waals surface area (Å²) in [5.74, 6) is 1.90. The van der Waals surface area contributed by atoms with E-state index in [-0.39, 0.29) is 11.3 Å². The highest BCUT2D eigenvalue weighted by atomic mass is 16.4. The molecule has 7 nitrogen and oxygen atoms in total. The standard InChI is InChI=1S/C25H29N5O2/c1-24(2,3)23-27-26-21(32-23)17-6-8-18(9-7-17)22(31)29-14-25(15-29)12-19(13-25)30-11-10-20(28-30)16-4-5-16/h6-11,16,19H,4-5,12-15H2,1-3H3. The van der Waals surface area contributed by atoms with Crippen molar-refractivity contribution in [2.75, 3.05) is 13.1 Å². The lowest BCUT2D eigenvalue weighted by atomic mass is 9.60. The van der Waals surface area contributed by atoms with Gasteiger partial charge < -0.3 is 9.32 Å². The molecule has 166 valence electrons. The Morgan fingerprint density at radius 1 is 1.06 bits per heavy atom. The van der Waals surface area contributed by atoms with E-state index in [9.17, 15) is 4.79 Å². The van der Waals surface area contributed by atoms with Crippen molar-refractivity contribution in [3.05, 3.63) is 53.7 Å². The maximum absolute atomic E-state index is 12.9. The first-order chi connectivity index (χ1) is 15.3. The minimum atomic E-state index is -0.188. The van der Waals surface area contributed by atoms with E-state index in [0.717, 1.165) is 31.5 Å². The molecule has 0 atom stereocenters. The third kappa shape index (κ3) is 3.34. The largest absolute Gasteiger partial charge is 0.420 e. The zero-order chi connectivity index (χ0) is 22.1. The minimum absolute atomic E-state index is 0.0987. The molecule has 3 aliphatic rings. The molecule has 3 fully saturated rings. The molecule has 3 aromatic rings. The van der Waals surface area contributed by atoms with Gasteiger partial charge in [-0.25, -0.2) is 0 Å². The van der Waals surface area contributed by atoms with Gasteiger partial charge in [-0.1, -0.05) is 20.8 Å². The Hall–Kier alpha value is -2.96. The fourth-order valence-corrected chi connectivity index (χ4v) is 5.03. The number of carbonyl (C=O) groups is 1. The van der Waals surface area contributed by atoms with Gasteiger partial charge in [-0.3, -0.25) is 9.48 Å². The normalized spacial score (nSPS) is 20.3. The highest BCUT2D eigenvalue weighted by Gasteiger charge is 2.54. The van der Waals surface area contributed by atoms with Crippen LogP contribution in [0.4, 0.5) is 0 Å². The fraction of sp³-hybridized carbons (Fsp3) is 0.520. The number of benzene rings is 1. The SMILES string of the molecule is CC(C)(C)c1nnc(-c2ccc(C(=O)N3CC4(CC(n5ccc(C6CC6)n5)C4)C3)cc2)o1. The zero-order valence-electron chi connectivity index (χ0n) is 18.9. The molecule has 0 radical (unpaired) electrons. The van der Waals surface area contributed by atoms with Gasteiger partial charge in [-0.05, 0) is 56.0 Å². The summed E-state index contributed by atoms with van der Waals surface area (Å²) in [6, 6.07) is 10.2. The second-order valence-corrected chi connectivity index (χ2v) is 11.0. The molecule has 6 rings (SSSR count). The second-order valence-electron chi connectivity index (χ2n) is 11.0. The van der Waals surface area contributed by atoms with E-state index in [1.807, 2.05) is 49.9 Å². The van der Waals surface area contributed by atoms with Crippen molar-refractivity contribution in [1.29, 1.82) is 0 Å². The number of likely N-dealkylation sites (tertiary alicyclic amines) is 1. The summed E-state index contributed by atoms with van der Waals surface area (Å²) in [4.78, 5) is 14.9. The third-order valence-corrected chi connectivity index (χ3v) is 7.12. The van der Waals surface area contributed by atoms with Crippen molar-refractivity contribution in [3.63, 3.8) is 0 Å². The molecule has 0 unspecified atom stereocenters. The van der Waals surface area contributed by atoms with Crippen molar-refractivity contribution >= 4 is 5.91 Å². The average molecular weight is 432 g/mol. The van der Waals surface area contributed by atoms with Gasteiger partial charge in [0.1, 0.15) is 0 Å². The summed E-state index contributed by atoms with van der Waals surface area (Å²) >= 11 is 0. The van der Waals surface area contributed by atoms with Gasteiger partial charge in [0.05, 0.1) is 11.7 Å². The monoisotopic (exact) mass is 431 g/mol. The Labute approximate surface area is 187 Å². The van der Waals surface area contributed by atoms with E-state index in [1.54, 1.807) is 0 Å². The van der Waals surface area contributed by atoms with Gasteiger partial charge >= 0.3 is 0 Å². The Balaban J connectivity index is 1.05. The van der Waals surface area contributed by atoms with Crippen LogP contribution in [0.5, 0.6) is 0 Å². The van der Waals surface area contributed by atoms with E-state index in [4.69, 9.17) is 9.52 Å². The second kappa shape index (κ2) is 6.77. The first-order valence-electron chi connectivity index (χ1n) is 11.6.